The number of rotatable bonds is 6. The number of benzene rings is 1. The van der Waals surface area contributed by atoms with Gasteiger partial charge in [0.15, 0.2) is 0 Å². The molecule has 1 aromatic carbocycles. The van der Waals surface area contributed by atoms with Gasteiger partial charge in [0.1, 0.15) is 0 Å². The van der Waals surface area contributed by atoms with Crippen LogP contribution in [0.1, 0.15) is 18.5 Å². The Bertz CT molecular complexity index is 384. The number of hydrogen-bond donors (Lipinski definition) is 1. The van der Waals surface area contributed by atoms with Gasteiger partial charge in [-0.2, -0.15) is 0 Å². The van der Waals surface area contributed by atoms with Crippen molar-refractivity contribution in [2.75, 3.05) is 26.7 Å². The van der Waals surface area contributed by atoms with Crippen LogP contribution in [0.2, 0.25) is 5.02 Å². The molecule has 0 aromatic heterocycles. The zero-order chi connectivity index (χ0) is 12.7. The van der Waals surface area contributed by atoms with Crippen molar-refractivity contribution in [2.24, 2.45) is 0 Å². The highest BCUT2D eigenvalue weighted by Gasteiger charge is 2.13. The van der Waals surface area contributed by atoms with Crippen LogP contribution >= 0.6 is 11.6 Å². The molecule has 1 unspecified atom stereocenters. The number of halogens is 1. The third kappa shape index (κ3) is 4.40. The molecule has 0 bridgehead atoms. The van der Waals surface area contributed by atoms with Gasteiger partial charge in [0.2, 0.25) is 0 Å². The molecule has 1 atom stereocenters. The Morgan fingerprint density at radius 3 is 2.82 bits per heavy atom. The molecule has 17 heavy (non-hydrogen) atoms. The van der Waals surface area contributed by atoms with Crippen molar-refractivity contribution in [3.63, 3.8) is 0 Å². The van der Waals surface area contributed by atoms with Gasteiger partial charge in [-0.05, 0) is 25.6 Å². The monoisotopic (exact) mass is 250 g/mol. The van der Waals surface area contributed by atoms with Crippen LogP contribution < -0.4 is 5.32 Å². The molecular formula is C14H19ClN2. The maximum Gasteiger partial charge on any atom is 0.0574 e. The van der Waals surface area contributed by atoms with Gasteiger partial charge in [-0.1, -0.05) is 35.7 Å². The molecule has 1 aromatic rings. The summed E-state index contributed by atoms with van der Waals surface area (Å²) < 4.78 is 0. The zero-order valence-electron chi connectivity index (χ0n) is 10.4. The van der Waals surface area contributed by atoms with Gasteiger partial charge >= 0.3 is 0 Å². The van der Waals surface area contributed by atoms with Gasteiger partial charge in [-0.3, -0.25) is 4.90 Å². The van der Waals surface area contributed by atoms with E-state index in [0.717, 1.165) is 23.7 Å². The van der Waals surface area contributed by atoms with Crippen molar-refractivity contribution in [1.29, 1.82) is 0 Å². The molecule has 3 heteroatoms. The average Bonchev–Trinajstić information content (AvgIpc) is 2.34. The fourth-order valence-electron chi connectivity index (χ4n) is 1.66. The summed E-state index contributed by atoms with van der Waals surface area (Å²) in [6, 6.07) is 8.27. The second-order valence-corrected chi connectivity index (χ2v) is 4.47. The van der Waals surface area contributed by atoms with E-state index in [0.29, 0.717) is 12.6 Å². The summed E-state index contributed by atoms with van der Waals surface area (Å²) in [6.45, 7) is 4.60. The number of terminal acetylenes is 1. The normalized spacial score (nSPS) is 12.4. The molecule has 2 nitrogen and oxygen atoms in total. The second-order valence-electron chi connectivity index (χ2n) is 4.06. The van der Waals surface area contributed by atoms with Crippen LogP contribution in [0.25, 0.3) is 0 Å². The minimum absolute atomic E-state index is 0.302. The molecule has 0 heterocycles. The van der Waals surface area contributed by atoms with Crippen molar-refractivity contribution in [1.82, 2.24) is 10.2 Å². The highest BCUT2D eigenvalue weighted by molar-refractivity contribution is 6.31. The predicted octanol–water partition coefficient (Wildman–Crippen LogP) is 2.56. The van der Waals surface area contributed by atoms with Crippen LogP contribution in [0.5, 0.6) is 0 Å². The minimum atomic E-state index is 0.302. The van der Waals surface area contributed by atoms with Gasteiger partial charge in [0.25, 0.3) is 0 Å². The van der Waals surface area contributed by atoms with E-state index in [-0.39, 0.29) is 0 Å². The summed E-state index contributed by atoms with van der Waals surface area (Å²) in [5.74, 6) is 2.56. The summed E-state index contributed by atoms with van der Waals surface area (Å²) in [5.41, 5.74) is 1.16. The Balaban J connectivity index is 2.50. The fourth-order valence-corrected chi connectivity index (χ4v) is 1.95. The Labute approximate surface area is 109 Å². The molecule has 0 radical (unpaired) electrons. The smallest absolute Gasteiger partial charge is 0.0574 e. The highest BCUT2D eigenvalue weighted by atomic mass is 35.5. The number of likely N-dealkylation sites (N-methyl/N-ethyl adjacent to an activating group) is 1. The van der Waals surface area contributed by atoms with Gasteiger partial charge in [0, 0.05) is 24.2 Å². The van der Waals surface area contributed by atoms with Gasteiger partial charge in [-0.15, -0.1) is 6.42 Å². The highest BCUT2D eigenvalue weighted by Crippen LogP contribution is 2.25. The Morgan fingerprint density at radius 2 is 2.18 bits per heavy atom. The van der Waals surface area contributed by atoms with E-state index in [1.165, 1.54) is 0 Å². The first-order valence-electron chi connectivity index (χ1n) is 5.75. The van der Waals surface area contributed by atoms with Crippen LogP contribution in [0, 0.1) is 12.3 Å². The molecule has 0 aliphatic heterocycles. The van der Waals surface area contributed by atoms with Crippen molar-refractivity contribution in [2.45, 2.75) is 13.0 Å². The quantitative estimate of drug-likeness (QED) is 0.617. The molecule has 0 aliphatic rings. The first-order valence-corrected chi connectivity index (χ1v) is 6.13. The van der Waals surface area contributed by atoms with Crippen molar-refractivity contribution in [3.8, 4) is 12.3 Å². The van der Waals surface area contributed by atoms with E-state index in [9.17, 15) is 0 Å². The molecular weight excluding hydrogens is 232 g/mol. The third-order valence-corrected chi connectivity index (χ3v) is 3.23. The predicted molar refractivity (Wildman–Crippen MR) is 74.2 cm³/mol. The third-order valence-electron chi connectivity index (χ3n) is 2.88. The maximum absolute atomic E-state index is 6.18. The average molecular weight is 251 g/mol. The topological polar surface area (TPSA) is 15.3 Å². The van der Waals surface area contributed by atoms with Crippen molar-refractivity contribution in [3.05, 3.63) is 34.9 Å². The maximum atomic E-state index is 6.18. The van der Waals surface area contributed by atoms with Crippen LogP contribution in [0.3, 0.4) is 0 Å². The van der Waals surface area contributed by atoms with E-state index in [1.807, 2.05) is 18.2 Å². The summed E-state index contributed by atoms with van der Waals surface area (Å²) in [6.07, 6.45) is 5.17. The van der Waals surface area contributed by atoms with Crippen molar-refractivity contribution < 1.29 is 0 Å². The van der Waals surface area contributed by atoms with Crippen LogP contribution in [-0.4, -0.2) is 31.6 Å². The van der Waals surface area contributed by atoms with Crippen molar-refractivity contribution >= 4 is 11.6 Å². The lowest BCUT2D eigenvalue weighted by atomic mass is 10.1. The fraction of sp³-hybridized carbons (Fsp3) is 0.429. The first-order chi connectivity index (χ1) is 8.16. The second kappa shape index (κ2) is 7.34. The lowest BCUT2D eigenvalue weighted by molar-refractivity contribution is 0.262. The lowest BCUT2D eigenvalue weighted by Crippen LogP contribution is -2.31. The molecule has 1 N–H and O–H groups in total. The number of nitrogens with one attached hydrogen (secondary N) is 1. The van der Waals surface area contributed by atoms with Gasteiger partial charge in [0.05, 0.1) is 6.54 Å². The Morgan fingerprint density at radius 1 is 1.47 bits per heavy atom. The summed E-state index contributed by atoms with van der Waals surface area (Å²) in [4.78, 5) is 2.25. The molecule has 0 fully saturated rings. The SMILES string of the molecule is C#CCNCCN(C)C(C)c1ccccc1Cl. The van der Waals surface area contributed by atoms with E-state index in [2.05, 4.69) is 36.2 Å². The largest absolute Gasteiger partial charge is 0.305 e. The van der Waals surface area contributed by atoms with E-state index < -0.39 is 0 Å². The molecule has 0 aliphatic carbocycles. The molecule has 1 rings (SSSR count). The summed E-state index contributed by atoms with van der Waals surface area (Å²) >= 11 is 6.18. The van der Waals surface area contributed by atoms with Gasteiger partial charge in [-0.25, -0.2) is 0 Å². The van der Waals surface area contributed by atoms with Crippen LogP contribution in [0.15, 0.2) is 24.3 Å². The number of hydrogen-bond acceptors (Lipinski definition) is 2. The van der Waals surface area contributed by atoms with Crippen LogP contribution in [0.4, 0.5) is 0 Å². The van der Waals surface area contributed by atoms with E-state index in [4.69, 9.17) is 18.0 Å². The van der Waals surface area contributed by atoms with E-state index in [1.54, 1.807) is 0 Å². The minimum Gasteiger partial charge on any atom is -0.305 e. The molecule has 92 valence electrons. The van der Waals surface area contributed by atoms with Crippen LogP contribution in [-0.2, 0) is 0 Å². The molecule has 0 saturated carbocycles. The van der Waals surface area contributed by atoms with E-state index >= 15 is 0 Å². The Hall–Kier alpha value is -1.01. The van der Waals surface area contributed by atoms with Gasteiger partial charge < -0.3 is 5.32 Å². The first kappa shape index (κ1) is 14.1. The zero-order valence-corrected chi connectivity index (χ0v) is 11.2. The molecule has 0 amide bonds. The molecule has 0 spiro atoms. The summed E-state index contributed by atoms with van der Waals surface area (Å²) in [7, 11) is 2.09. The standard InChI is InChI=1S/C14H19ClN2/c1-4-9-16-10-11-17(3)12(2)13-7-5-6-8-14(13)15/h1,5-8,12,16H,9-11H2,2-3H3. The Kier molecular flexibility index (Phi) is 6.07. The number of nitrogens with zero attached hydrogens (tertiary/aromatic N) is 1. The molecule has 0 saturated heterocycles. The lowest BCUT2D eigenvalue weighted by Gasteiger charge is -2.25. The summed E-state index contributed by atoms with van der Waals surface area (Å²) in [5, 5.41) is 4.00.